The van der Waals surface area contributed by atoms with Crippen molar-refractivity contribution in [1.82, 2.24) is 0 Å². The molecule has 17 heavy (non-hydrogen) atoms. The molecule has 0 bridgehead atoms. The molecule has 3 nitrogen and oxygen atoms in total. The number of rotatable bonds is 6. The third kappa shape index (κ3) is 4.47. The molecule has 94 valence electrons. The van der Waals surface area contributed by atoms with E-state index < -0.39 is 0 Å². The van der Waals surface area contributed by atoms with E-state index in [9.17, 15) is 9.90 Å². The zero-order valence-electron chi connectivity index (χ0n) is 10.5. The molecule has 0 unspecified atom stereocenters. The Kier molecular flexibility index (Phi) is 5.53. The van der Waals surface area contributed by atoms with E-state index in [1.54, 1.807) is 18.2 Å². The molecule has 0 aromatic heterocycles. The summed E-state index contributed by atoms with van der Waals surface area (Å²) in [6, 6.07) is 5.03. The highest BCUT2D eigenvalue weighted by Gasteiger charge is 2.10. The van der Waals surface area contributed by atoms with Crippen LogP contribution < -0.4 is 4.74 Å². The predicted octanol–water partition coefficient (Wildman–Crippen LogP) is 3.44. The Bertz CT molecular complexity index is 372. The lowest BCUT2D eigenvalue weighted by atomic mass is 10.0. The first-order valence-corrected chi connectivity index (χ1v) is 6.14. The lowest BCUT2D eigenvalue weighted by Crippen LogP contribution is -2.04. The molecule has 0 spiro atoms. The van der Waals surface area contributed by atoms with Gasteiger partial charge in [-0.15, -0.1) is 0 Å². The molecule has 3 heteroatoms. The third-order valence-electron chi connectivity index (χ3n) is 2.64. The number of hydrogen-bond acceptors (Lipinski definition) is 3. The van der Waals surface area contributed by atoms with Crippen molar-refractivity contribution in [3.8, 4) is 11.5 Å². The summed E-state index contributed by atoms with van der Waals surface area (Å²) >= 11 is 0. The maximum atomic E-state index is 10.9. The van der Waals surface area contributed by atoms with Gasteiger partial charge < -0.3 is 9.84 Å². The van der Waals surface area contributed by atoms with Gasteiger partial charge in [0.2, 0.25) is 0 Å². The summed E-state index contributed by atoms with van der Waals surface area (Å²) < 4.78 is 5.08. The van der Waals surface area contributed by atoms with Gasteiger partial charge in [0.25, 0.3) is 0 Å². The Morgan fingerprint density at radius 1 is 1.29 bits per heavy atom. The van der Waals surface area contributed by atoms with Gasteiger partial charge in [0, 0.05) is 12.5 Å². The van der Waals surface area contributed by atoms with Crippen molar-refractivity contribution in [2.45, 2.75) is 46.0 Å². The number of ether oxygens (including phenoxy) is 1. The second-order valence-corrected chi connectivity index (χ2v) is 4.16. The van der Waals surface area contributed by atoms with Crippen LogP contribution in [0, 0.1) is 0 Å². The number of aromatic hydroxyl groups is 1. The molecule has 0 atom stereocenters. The standard InChI is InChI=1S/C14H20O3/c1-3-4-5-6-8-12-13(16)9-7-10-14(12)17-11(2)15/h7,9-10,16H,3-6,8H2,1-2H3. The number of carbonyl (C=O) groups is 1. The van der Waals surface area contributed by atoms with Gasteiger partial charge in [0.1, 0.15) is 11.5 Å². The van der Waals surface area contributed by atoms with E-state index in [2.05, 4.69) is 6.92 Å². The molecule has 1 N–H and O–H groups in total. The number of phenolic OH excluding ortho intramolecular Hbond substituents is 1. The van der Waals surface area contributed by atoms with Crippen molar-refractivity contribution in [2.24, 2.45) is 0 Å². The lowest BCUT2D eigenvalue weighted by Gasteiger charge is -2.10. The van der Waals surface area contributed by atoms with E-state index in [-0.39, 0.29) is 11.7 Å². The van der Waals surface area contributed by atoms with E-state index in [4.69, 9.17) is 4.74 Å². The van der Waals surface area contributed by atoms with Crippen LogP contribution in [0.2, 0.25) is 0 Å². The fraction of sp³-hybridized carbons (Fsp3) is 0.500. The van der Waals surface area contributed by atoms with Crippen LogP contribution in [0.4, 0.5) is 0 Å². The van der Waals surface area contributed by atoms with Crippen molar-refractivity contribution in [3.63, 3.8) is 0 Å². The zero-order chi connectivity index (χ0) is 12.7. The maximum Gasteiger partial charge on any atom is 0.308 e. The number of phenols is 1. The fourth-order valence-electron chi connectivity index (χ4n) is 1.78. The van der Waals surface area contributed by atoms with Crippen LogP contribution in [-0.4, -0.2) is 11.1 Å². The van der Waals surface area contributed by atoms with Crippen LogP contribution in [0.15, 0.2) is 18.2 Å². The van der Waals surface area contributed by atoms with Gasteiger partial charge in [-0.3, -0.25) is 4.79 Å². The number of unbranched alkanes of at least 4 members (excludes halogenated alkanes) is 3. The summed E-state index contributed by atoms with van der Waals surface area (Å²) in [5, 5.41) is 9.77. The van der Waals surface area contributed by atoms with E-state index in [1.165, 1.54) is 19.8 Å². The van der Waals surface area contributed by atoms with Gasteiger partial charge in [-0.2, -0.15) is 0 Å². The molecule has 1 rings (SSSR count). The maximum absolute atomic E-state index is 10.9. The van der Waals surface area contributed by atoms with Crippen molar-refractivity contribution in [2.75, 3.05) is 0 Å². The molecule has 1 aromatic rings. The molecule has 0 fully saturated rings. The van der Waals surface area contributed by atoms with Gasteiger partial charge in [0.15, 0.2) is 0 Å². The molecule has 0 radical (unpaired) electrons. The van der Waals surface area contributed by atoms with Crippen LogP contribution in [0.25, 0.3) is 0 Å². The topological polar surface area (TPSA) is 46.5 Å². The van der Waals surface area contributed by atoms with Gasteiger partial charge in [-0.05, 0) is 25.0 Å². The summed E-state index contributed by atoms with van der Waals surface area (Å²) in [6.07, 6.45) is 5.24. The van der Waals surface area contributed by atoms with Crippen molar-refractivity contribution in [1.29, 1.82) is 0 Å². The monoisotopic (exact) mass is 236 g/mol. The van der Waals surface area contributed by atoms with Crippen molar-refractivity contribution in [3.05, 3.63) is 23.8 Å². The highest BCUT2D eigenvalue weighted by Crippen LogP contribution is 2.29. The highest BCUT2D eigenvalue weighted by atomic mass is 16.5. The van der Waals surface area contributed by atoms with E-state index in [0.29, 0.717) is 5.75 Å². The third-order valence-corrected chi connectivity index (χ3v) is 2.64. The second-order valence-electron chi connectivity index (χ2n) is 4.16. The normalized spacial score (nSPS) is 10.2. The van der Waals surface area contributed by atoms with Crippen LogP contribution in [-0.2, 0) is 11.2 Å². The first-order chi connectivity index (χ1) is 8.15. The molecule has 0 saturated heterocycles. The van der Waals surface area contributed by atoms with E-state index in [1.807, 2.05) is 0 Å². The minimum Gasteiger partial charge on any atom is -0.508 e. The Labute approximate surface area is 102 Å². The summed E-state index contributed by atoms with van der Waals surface area (Å²) in [6.45, 7) is 3.52. The largest absolute Gasteiger partial charge is 0.508 e. The Morgan fingerprint density at radius 2 is 2.06 bits per heavy atom. The summed E-state index contributed by atoms with van der Waals surface area (Å²) in [5.41, 5.74) is 0.735. The van der Waals surface area contributed by atoms with Gasteiger partial charge in [-0.1, -0.05) is 32.3 Å². The van der Waals surface area contributed by atoms with Crippen molar-refractivity contribution < 1.29 is 14.6 Å². The molecular weight excluding hydrogens is 216 g/mol. The fourth-order valence-corrected chi connectivity index (χ4v) is 1.78. The Hall–Kier alpha value is -1.51. The molecule has 0 heterocycles. The SMILES string of the molecule is CCCCCCc1c(O)cccc1OC(C)=O. The zero-order valence-corrected chi connectivity index (χ0v) is 10.5. The lowest BCUT2D eigenvalue weighted by molar-refractivity contribution is -0.131. The van der Waals surface area contributed by atoms with E-state index >= 15 is 0 Å². The van der Waals surface area contributed by atoms with Crippen LogP contribution in [0.1, 0.15) is 45.1 Å². The number of benzene rings is 1. The molecule has 0 saturated carbocycles. The first kappa shape index (κ1) is 13.6. The molecular formula is C14H20O3. The van der Waals surface area contributed by atoms with Crippen LogP contribution in [0.5, 0.6) is 11.5 Å². The summed E-state index contributed by atoms with van der Waals surface area (Å²) in [4.78, 5) is 10.9. The first-order valence-electron chi connectivity index (χ1n) is 6.14. The highest BCUT2D eigenvalue weighted by molar-refractivity contribution is 5.70. The summed E-state index contributed by atoms with van der Waals surface area (Å²) in [7, 11) is 0. The number of hydrogen-bond donors (Lipinski definition) is 1. The minimum atomic E-state index is -0.356. The second kappa shape index (κ2) is 6.94. The van der Waals surface area contributed by atoms with E-state index in [0.717, 1.165) is 24.8 Å². The van der Waals surface area contributed by atoms with Crippen molar-refractivity contribution >= 4 is 5.97 Å². The molecule has 0 amide bonds. The molecule has 0 aliphatic rings. The minimum absolute atomic E-state index is 0.209. The number of carbonyl (C=O) groups excluding carboxylic acids is 1. The van der Waals surface area contributed by atoms with Crippen LogP contribution in [0.3, 0.4) is 0 Å². The average Bonchev–Trinajstić information content (AvgIpc) is 2.26. The summed E-state index contributed by atoms with van der Waals surface area (Å²) in [5.74, 6) is 0.333. The Balaban J connectivity index is 2.70. The van der Waals surface area contributed by atoms with Gasteiger partial charge in [0.05, 0.1) is 0 Å². The van der Waals surface area contributed by atoms with Gasteiger partial charge in [-0.25, -0.2) is 0 Å². The Morgan fingerprint density at radius 3 is 2.71 bits per heavy atom. The number of esters is 1. The van der Waals surface area contributed by atoms with Gasteiger partial charge >= 0.3 is 5.97 Å². The molecule has 1 aromatic carbocycles. The predicted molar refractivity (Wildman–Crippen MR) is 67.3 cm³/mol. The van der Waals surface area contributed by atoms with Crippen LogP contribution >= 0.6 is 0 Å². The molecule has 0 aliphatic heterocycles. The average molecular weight is 236 g/mol. The molecule has 0 aliphatic carbocycles. The smallest absolute Gasteiger partial charge is 0.308 e. The quantitative estimate of drug-likeness (QED) is 0.467.